The monoisotopic (exact) mass is 455 g/mol. The molecule has 0 aliphatic rings. The lowest BCUT2D eigenvalue weighted by Crippen LogP contribution is -2.19. The minimum absolute atomic E-state index is 0.0445. The minimum Gasteiger partial charge on any atom is -0.355 e. The molecule has 0 radical (unpaired) electrons. The van der Waals surface area contributed by atoms with Gasteiger partial charge in [0.25, 0.3) is 0 Å². The van der Waals surface area contributed by atoms with E-state index in [0.29, 0.717) is 0 Å². The van der Waals surface area contributed by atoms with Crippen LogP contribution in [0.2, 0.25) is 0 Å². The Labute approximate surface area is 209 Å². The van der Waals surface area contributed by atoms with Crippen LogP contribution in [0.25, 0.3) is 10.8 Å². The van der Waals surface area contributed by atoms with Crippen LogP contribution < -0.4 is 5.32 Å². The summed E-state index contributed by atoms with van der Waals surface area (Å²) in [4.78, 5) is 0. The number of anilines is 2. The average molecular weight is 456 g/mol. The van der Waals surface area contributed by atoms with Gasteiger partial charge < -0.3 is 5.32 Å². The van der Waals surface area contributed by atoms with Crippen LogP contribution in [0.15, 0.2) is 121 Å². The van der Waals surface area contributed by atoms with Gasteiger partial charge in [-0.15, -0.1) is 0 Å². The van der Waals surface area contributed by atoms with E-state index in [1.165, 1.54) is 33.0 Å². The fourth-order valence-electron chi connectivity index (χ4n) is 5.11. The van der Waals surface area contributed by atoms with Gasteiger partial charge in [0.1, 0.15) is 0 Å². The van der Waals surface area contributed by atoms with Crippen LogP contribution in [0.3, 0.4) is 0 Å². The molecule has 1 nitrogen and oxygen atoms in total. The van der Waals surface area contributed by atoms with Gasteiger partial charge in [-0.25, -0.2) is 0 Å². The van der Waals surface area contributed by atoms with E-state index in [4.69, 9.17) is 0 Å². The zero-order valence-electron chi connectivity index (χ0n) is 21.0. The van der Waals surface area contributed by atoms with Gasteiger partial charge >= 0.3 is 0 Å². The molecule has 5 aromatic carbocycles. The lowest BCUT2D eigenvalue weighted by molar-refractivity contribution is 0.641. The van der Waals surface area contributed by atoms with Crippen molar-refractivity contribution in [1.29, 1.82) is 0 Å². The summed E-state index contributed by atoms with van der Waals surface area (Å²) < 4.78 is 0. The van der Waals surface area contributed by atoms with E-state index in [2.05, 4.69) is 154 Å². The Kier molecular flexibility index (Phi) is 5.94. The first kappa shape index (κ1) is 22.9. The minimum atomic E-state index is -0.0932. The van der Waals surface area contributed by atoms with Crippen LogP contribution in [0.1, 0.15) is 49.9 Å². The highest BCUT2D eigenvalue weighted by molar-refractivity contribution is 5.98. The Morgan fingerprint density at radius 2 is 0.914 bits per heavy atom. The maximum absolute atomic E-state index is 3.68. The normalized spacial score (nSPS) is 12.0. The van der Waals surface area contributed by atoms with Gasteiger partial charge in [-0.3, -0.25) is 0 Å². The van der Waals surface area contributed by atoms with Gasteiger partial charge in [-0.1, -0.05) is 131 Å². The average Bonchev–Trinajstić information content (AvgIpc) is 2.90. The fourth-order valence-corrected chi connectivity index (χ4v) is 5.11. The maximum Gasteiger partial charge on any atom is 0.0464 e. The van der Waals surface area contributed by atoms with Gasteiger partial charge in [-0.05, 0) is 45.8 Å². The van der Waals surface area contributed by atoms with Crippen molar-refractivity contribution in [3.63, 3.8) is 0 Å². The van der Waals surface area contributed by atoms with Crippen molar-refractivity contribution in [1.82, 2.24) is 0 Å². The van der Waals surface area contributed by atoms with Crippen LogP contribution in [-0.2, 0) is 10.8 Å². The third-order valence-electron chi connectivity index (χ3n) is 7.47. The first-order chi connectivity index (χ1) is 16.9. The number of benzene rings is 5. The molecule has 1 N–H and O–H groups in total. The second-order valence-electron chi connectivity index (χ2n) is 10.4. The summed E-state index contributed by atoms with van der Waals surface area (Å²) in [5, 5.41) is 6.21. The molecule has 0 saturated carbocycles. The predicted molar refractivity (Wildman–Crippen MR) is 151 cm³/mol. The van der Waals surface area contributed by atoms with E-state index < -0.39 is 0 Å². The zero-order valence-corrected chi connectivity index (χ0v) is 21.0. The van der Waals surface area contributed by atoms with E-state index >= 15 is 0 Å². The zero-order chi connectivity index (χ0) is 24.5. The van der Waals surface area contributed by atoms with Gasteiger partial charge in [-0.2, -0.15) is 0 Å². The second-order valence-corrected chi connectivity index (χ2v) is 10.4. The molecule has 174 valence electrons. The third kappa shape index (κ3) is 4.35. The van der Waals surface area contributed by atoms with Crippen molar-refractivity contribution in [2.24, 2.45) is 0 Å². The summed E-state index contributed by atoms with van der Waals surface area (Å²) in [6, 6.07) is 43.6. The van der Waals surface area contributed by atoms with E-state index in [1.54, 1.807) is 0 Å². The summed E-state index contributed by atoms with van der Waals surface area (Å²) in [6.45, 7) is 9.19. The quantitative estimate of drug-likeness (QED) is 0.269. The number of nitrogens with one attached hydrogen (secondary N) is 1. The lowest BCUT2D eigenvalue weighted by atomic mass is 9.76. The SMILES string of the molecule is CC(C)(c1ccccc1)c1ccc(Nc2ccc(C(C)(C)c3ccccc3)c3ccccc23)cc1. The molecule has 0 atom stereocenters. The summed E-state index contributed by atoms with van der Waals surface area (Å²) in [7, 11) is 0. The molecule has 5 rings (SSSR count). The Morgan fingerprint density at radius 3 is 1.51 bits per heavy atom. The molecule has 0 heterocycles. The fraction of sp³-hybridized carbons (Fsp3) is 0.176. The third-order valence-corrected chi connectivity index (χ3v) is 7.47. The lowest BCUT2D eigenvalue weighted by Gasteiger charge is -2.28. The number of fused-ring (bicyclic) bond motifs is 1. The largest absolute Gasteiger partial charge is 0.355 e. The number of rotatable bonds is 6. The molecule has 0 bridgehead atoms. The molecule has 5 aromatic rings. The van der Waals surface area contributed by atoms with Gasteiger partial charge in [0.2, 0.25) is 0 Å². The molecule has 0 amide bonds. The molecule has 0 spiro atoms. The number of hydrogen-bond donors (Lipinski definition) is 1. The molecule has 35 heavy (non-hydrogen) atoms. The van der Waals surface area contributed by atoms with E-state index in [1.807, 2.05) is 0 Å². The van der Waals surface area contributed by atoms with Crippen molar-refractivity contribution in [3.05, 3.63) is 144 Å². The van der Waals surface area contributed by atoms with Crippen molar-refractivity contribution in [2.45, 2.75) is 38.5 Å². The van der Waals surface area contributed by atoms with Crippen LogP contribution in [0.5, 0.6) is 0 Å². The second kappa shape index (κ2) is 9.07. The molecule has 0 aliphatic carbocycles. The van der Waals surface area contributed by atoms with Crippen LogP contribution in [-0.4, -0.2) is 0 Å². The molecule has 1 heteroatoms. The van der Waals surface area contributed by atoms with Gasteiger partial charge in [0.15, 0.2) is 0 Å². The molecular formula is C34H33N. The molecule has 0 saturated heterocycles. The van der Waals surface area contributed by atoms with E-state index in [0.717, 1.165) is 11.4 Å². The molecule has 0 aromatic heterocycles. The van der Waals surface area contributed by atoms with Gasteiger partial charge in [0, 0.05) is 27.6 Å². The Morgan fingerprint density at radius 1 is 0.429 bits per heavy atom. The highest BCUT2D eigenvalue weighted by Crippen LogP contribution is 2.39. The summed E-state index contributed by atoms with van der Waals surface area (Å²) in [5.41, 5.74) is 7.37. The van der Waals surface area contributed by atoms with Gasteiger partial charge in [0.05, 0.1) is 0 Å². The van der Waals surface area contributed by atoms with Crippen LogP contribution in [0.4, 0.5) is 11.4 Å². The van der Waals surface area contributed by atoms with Crippen LogP contribution >= 0.6 is 0 Å². The summed E-state index contributed by atoms with van der Waals surface area (Å²) >= 11 is 0. The highest BCUT2D eigenvalue weighted by atomic mass is 14.9. The highest BCUT2D eigenvalue weighted by Gasteiger charge is 2.26. The smallest absolute Gasteiger partial charge is 0.0464 e. The molecule has 0 fully saturated rings. The van der Waals surface area contributed by atoms with E-state index in [-0.39, 0.29) is 10.8 Å². The van der Waals surface area contributed by atoms with Crippen molar-refractivity contribution in [3.8, 4) is 0 Å². The molecular weight excluding hydrogens is 422 g/mol. The first-order valence-corrected chi connectivity index (χ1v) is 12.4. The van der Waals surface area contributed by atoms with Crippen molar-refractivity contribution in [2.75, 3.05) is 5.32 Å². The summed E-state index contributed by atoms with van der Waals surface area (Å²) in [6.07, 6.45) is 0. The molecule has 0 aliphatic heterocycles. The Bertz CT molecular complexity index is 1430. The van der Waals surface area contributed by atoms with Crippen molar-refractivity contribution >= 4 is 22.1 Å². The predicted octanol–water partition coefficient (Wildman–Crippen LogP) is 9.24. The number of hydrogen-bond acceptors (Lipinski definition) is 1. The summed E-state index contributed by atoms with van der Waals surface area (Å²) in [5.74, 6) is 0. The Hall–Kier alpha value is -3.84. The maximum atomic E-state index is 3.68. The van der Waals surface area contributed by atoms with E-state index in [9.17, 15) is 0 Å². The standard InChI is InChI=1S/C34H33N/c1-33(2,25-13-7-5-8-14-25)27-19-21-28(22-20-27)35-32-24-23-31(29-17-11-12-18-30(29)32)34(3,4)26-15-9-6-10-16-26/h5-24,35H,1-4H3. The Balaban J connectivity index is 1.48. The van der Waals surface area contributed by atoms with Crippen LogP contribution in [0, 0.1) is 0 Å². The topological polar surface area (TPSA) is 12.0 Å². The first-order valence-electron chi connectivity index (χ1n) is 12.4. The van der Waals surface area contributed by atoms with Crippen molar-refractivity contribution < 1.29 is 0 Å². The molecule has 0 unspecified atom stereocenters.